The fourth-order valence-corrected chi connectivity index (χ4v) is 1.32. The van der Waals surface area contributed by atoms with Crippen LogP contribution in [0, 0.1) is 13.8 Å². The Morgan fingerprint density at radius 1 is 1.29 bits per heavy atom. The summed E-state index contributed by atoms with van der Waals surface area (Å²) in [7, 11) is 3.57. The summed E-state index contributed by atoms with van der Waals surface area (Å²) in [6.45, 7) is 4.13. The molecule has 0 aliphatic heterocycles. The highest BCUT2D eigenvalue weighted by atomic mass is 16.2. The predicted molar refractivity (Wildman–Crippen MR) is 58.3 cm³/mol. The molecule has 0 saturated carbocycles. The Morgan fingerprint density at radius 2 is 1.93 bits per heavy atom. The third-order valence-corrected chi connectivity index (χ3v) is 2.56. The number of aryl methyl sites for hydroxylation is 1. The highest BCUT2D eigenvalue weighted by Gasteiger charge is 2.08. The largest absolute Gasteiger partial charge is 0.349 e. The lowest BCUT2D eigenvalue weighted by molar-refractivity contribution is -0.127. The molecule has 2 heteroatoms. The second-order valence-corrected chi connectivity index (χ2v) is 3.82. The lowest BCUT2D eigenvalue weighted by atomic mass is 10.0. The first kappa shape index (κ1) is 10.8. The van der Waals surface area contributed by atoms with Gasteiger partial charge in [-0.25, -0.2) is 0 Å². The van der Waals surface area contributed by atoms with Crippen molar-refractivity contribution >= 4 is 5.91 Å². The Labute approximate surface area is 85.5 Å². The molecule has 0 atom stereocenters. The number of rotatable bonds is 2. The number of likely N-dealkylation sites (N-methyl/N-ethyl adjacent to an activating group) is 1. The molecule has 2 nitrogen and oxygen atoms in total. The summed E-state index contributed by atoms with van der Waals surface area (Å²) in [5, 5.41) is 0. The van der Waals surface area contributed by atoms with E-state index in [2.05, 4.69) is 19.9 Å². The van der Waals surface area contributed by atoms with E-state index in [1.165, 1.54) is 11.1 Å². The van der Waals surface area contributed by atoms with Gasteiger partial charge >= 0.3 is 0 Å². The lowest BCUT2D eigenvalue weighted by Crippen LogP contribution is -2.23. The van der Waals surface area contributed by atoms with Crippen LogP contribution < -0.4 is 0 Å². The number of carbonyl (C=O) groups is 1. The van der Waals surface area contributed by atoms with E-state index in [-0.39, 0.29) is 5.91 Å². The van der Waals surface area contributed by atoms with E-state index in [9.17, 15) is 4.79 Å². The number of hydrogen-bond acceptors (Lipinski definition) is 1. The van der Waals surface area contributed by atoms with Gasteiger partial charge in [-0.15, -0.1) is 0 Å². The number of amides is 1. The maximum atomic E-state index is 11.5. The van der Waals surface area contributed by atoms with Crippen LogP contribution in [0.2, 0.25) is 0 Å². The fraction of sp³-hybridized carbons (Fsp3) is 0.417. The van der Waals surface area contributed by atoms with Gasteiger partial charge in [0, 0.05) is 14.1 Å². The molecule has 0 fully saturated rings. The molecule has 0 radical (unpaired) electrons. The van der Waals surface area contributed by atoms with Crippen LogP contribution in [-0.4, -0.2) is 24.9 Å². The van der Waals surface area contributed by atoms with Crippen LogP contribution in [0.1, 0.15) is 16.7 Å². The van der Waals surface area contributed by atoms with Gasteiger partial charge in [0.2, 0.25) is 5.91 Å². The first-order valence-electron chi connectivity index (χ1n) is 4.77. The van der Waals surface area contributed by atoms with Crippen LogP contribution in [0.4, 0.5) is 0 Å². The summed E-state index contributed by atoms with van der Waals surface area (Å²) in [4.78, 5) is 13.1. The molecular formula is C12H17NO. The van der Waals surface area contributed by atoms with Gasteiger partial charge in [0.25, 0.3) is 0 Å². The van der Waals surface area contributed by atoms with Crippen molar-refractivity contribution in [2.45, 2.75) is 20.3 Å². The molecule has 1 aromatic carbocycles. The molecule has 0 heterocycles. The zero-order chi connectivity index (χ0) is 10.7. The van der Waals surface area contributed by atoms with E-state index in [4.69, 9.17) is 0 Å². The standard InChI is InChI=1S/C12H17NO/c1-9-6-5-7-11(10(9)2)8-12(14)13(3)4/h5-7H,8H2,1-4H3. The predicted octanol–water partition coefficient (Wildman–Crippen LogP) is 1.93. The smallest absolute Gasteiger partial charge is 0.226 e. The zero-order valence-corrected chi connectivity index (χ0v) is 9.29. The van der Waals surface area contributed by atoms with Gasteiger partial charge in [-0.1, -0.05) is 18.2 Å². The summed E-state index contributed by atoms with van der Waals surface area (Å²) in [6.07, 6.45) is 0.501. The van der Waals surface area contributed by atoms with Gasteiger partial charge in [-0.05, 0) is 30.5 Å². The first-order valence-corrected chi connectivity index (χ1v) is 4.77. The van der Waals surface area contributed by atoms with Crippen molar-refractivity contribution in [3.05, 3.63) is 34.9 Å². The topological polar surface area (TPSA) is 20.3 Å². The van der Waals surface area contributed by atoms with Crippen molar-refractivity contribution in [3.8, 4) is 0 Å². The molecule has 1 amide bonds. The van der Waals surface area contributed by atoms with Crippen molar-refractivity contribution in [1.82, 2.24) is 4.90 Å². The maximum absolute atomic E-state index is 11.5. The van der Waals surface area contributed by atoms with Crippen LogP contribution in [0.3, 0.4) is 0 Å². The third-order valence-electron chi connectivity index (χ3n) is 2.56. The fourth-order valence-electron chi connectivity index (χ4n) is 1.32. The Hall–Kier alpha value is -1.31. The van der Waals surface area contributed by atoms with Crippen molar-refractivity contribution < 1.29 is 4.79 Å². The van der Waals surface area contributed by atoms with Crippen LogP contribution in [0.5, 0.6) is 0 Å². The average molecular weight is 191 g/mol. The van der Waals surface area contributed by atoms with E-state index < -0.39 is 0 Å². The Morgan fingerprint density at radius 3 is 2.50 bits per heavy atom. The van der Waals surface area contributed by atoms with Crippen molar-refractivity contribution in [1.29, 1.82) is 0 Å². The third kappa shape index (κ3) is 2.34. The number of benzene rings is 1. The lowest BCUT2D eigenvalue weighted by Gasteiger charge is -2.12. The van der Waals surface area contributed by atoms with Crippen molar-refractivity contribution in [2.75, 3.05) is 14.1 Å². The first-order chi connectivity index (χ1) is 6.52. The molecule has 1 rings (SSSR count). The van der Waals surface area contributed by atoms with Gasteiger partial charge in [0.05, 0.1) is 6.42 Å². The monoisotopic (exact) mass is 191 g/mol. The molecule has 0 aliphatic rings. The molecule has 0 aliphatic carbocycles. The molecule has 0 bridgehead atoms. The minimum atomic E-state index is 0.152. The van der Waals surface area contributed by atoms with Crippen molar-refractivity contribution in [3.63, 3.8) is 0 Å². The van der Waals surface area contributed by atoms with E-state index in [1.807, 2.05) is 12.1 Å². The molecule has 76 valence electrons. The van der Waals surface area contributed by atoms with Gasteiger partial charge in [-0.2, -0.15) is 0 Å². The quantitative estimate of drug-likeness (QED) is 0.699. The summed E-state index contributed by atoms with van der Waals surface area (Å²) in [5.74, 6) is 0.152. The highest BCUT2D eigenvalue weighted by molar-refractivity contribution is 5.78. The van der Waals surface area contributed by atoms with Crippen LogP contribution in [-0.2, 0) is 11.2 Å². The van der Waals surface area contributed by atoms with Gasteiger partial charge in [-0.3, -0.25) is 4.79 Å². The number of nitrogens with zero attached hydrogens (tertiary/aromatic N) is 1. The molecule has 0 aromatic heterocycles. The molecule has 0 N–H and O–H groups in total. The minimum absolute atomic E-state index is 0.152. The van der Waals surface area contributed by atoms with E-state index in [0.29, 0.717) is 6.42 Å². The van der Waals surface area contributed by atoms with Crippen LogP contribution in [0.15, 0.2) is 18.2 Å². The zero-order valence-electron chi connectivity index (χ0n) is 9.29. The van der Waals surface area contributed by atoms with Gasteiger partial charge < -0.3 is 4.90 Å². The second kappa shape index (κ2) is 4.27. The number of hydrogen-bond donors (Lipinski definition) is 0. The van der Waals surface area contributed by atoms with Gasteiger partial charge in [0.1, 0.15) is 0 Å². The summed E-state index contributed by atoms with van der Waals surface area (Å²) in [5.41, 5.74) is 3.60. The van der Waals surface area contributed by atoms with E-state index >= 15 is 0 Å². The van der Waals surface area contributed by atoms with E-state index in [0.717, 1.165) is 5.56 Å². The Bertz CT molecular complexity index is 342. The van der Waals surface area contributed by atoms with Crippen LogP contribution in [0.25, 0.3) is 0 Å². The molecule has 0 saturated heterocycles. The molecule has 14 heavy (non-hydrogen) atoms. The number of carbonyl (C=O) groups excluding carboxylic acids is 1. The molecular weight excluding hydrogens is 174 g/mol. The maximum Gasteiger partial charge on any atom is 0.226 e. The minimum Gasteiger partial charge on any atom is -0.349 e. The molecule has 1 aromatic rings. The molecule has 0 unspecified atom stereocenters. The average Bonchev–Trinajstić information content (AvgIpc) is 2.12. The molecule has 0 spiro atoms. The van der Waals surface area contributed by atoms with Crippen molar-refractivity contribution in [2.24, 2.45) is 0 Å². The summed E-state index contributed by atoms with van der Waals surface area (Å²) >= 11 is 0. The Kier molecular flexibility index (Phi) is 3.28. The van der Waals surface area contributed by atoms with E-state index in [1.54, 1.807) is 19.0 Å². The highest BCUT2D eigenvalue weighted by Crippen LogP contribution is 2.13. The second-order valence-electron chi connectivity index (χ2n) is 3.82. The Balaban J connectivity index is 2.87. The summed E-state index contributed by atoms with van der Waals surface area (Å²) < 4.78 is 0. The van der Waals surface area contributed by atoms with Gasteiger partial charge in [0.15, 0.2) is 0 Å². The normalized spacial score (nSPS) is 10.0. The SMILES string of the molecule is Cc1cccc(CC(=O)N(C)C)c1C. The van der Waals surface area contributed by atoms with Crippen LogP contribution >= 0.6 is 0 Å². The summed E-state index contributed by atoms with van der Waals surface area (Å²) in [6, 6.07) is 6.09.